The number of nitrogens with zero attached hydrogens (tertiary/aromatic N) is 2. The lowest BCUT2D eigenvalue weighted by atomic mass is 10.3. The summed E-state index contributed by atoms with van der Waals surface area (Å²) >= 11 is 5.28. The maximum absolute atomic E-state index is 5.81. The summed E-state index contributed by atoms with van der Waals surface area (Å²) < 4.78 is 0. The van der Waals surface area contributed by atoms with Crippen LogP contribution in [0.3, 0.4) is 0 Å². The molecule has 0 saturated carbocycles. The number of rotatable bonds is 1. The van der Waals surface area contributed by atoms with E-state index < -0.39 is 0 Å². The third-order valence-corrected chi connectivity index (χ3v) is 2.78. The number of hydrogen-bond donors (Lipinski definition) is 2. The third-order valence-electron chi connectivity index (χ3n) is 2.42. The number of hydrogen-bond acceptors (Lipinski definition) is 3. The van der Waals surface area contributed by atoms with Crippen molar-refractivity contribution in [1.82, 2.24) is 9.88 Å². The average Bonchev–Trinajstić information content (AvgIpc) is 2.66. The normalized spacial score (nSPS) is 20.3. The molecular formula is C10H14N4S. The van der Waals surface area contributed by atoms with Crippen LogP contribution in [0.4, 0.5) is 5.69 Å². The van der Waals surface area contributed by atoms with Gasteiger partial charge in [-0.3, -0.25) is 4.98 Å². The first-order valence-corrected chi connectivity index (χ1v) is 5.38. The predicted molar refractivity (Wildman–Crippen MR) is 64.6 cm³/mol. The predicted octanol–water partition coefficient (Wildman–Crippen LogP) is 0.811. The van der Waals surface area contributed by atoms with Gasteiger partial charge in [0.25, 0.3) is 0 Å². The van der Waals surface area contributed by atoms with Crippen molar-refractivity contribution in [3.8, 4) is 0 Å². The smallest absolute Gasteiger partial charge is 0.173 e. The van der Waals surface area contributed by atoms with Crippen molar-refractivity contribution in [2.24, 2.45) is 5.73 Å². The zero-order chi connectivity index (χ0) is 10.7. The molecule has 0 radical (unpaired) electrons. The highest BCUT2D eigenvalue weighted by Crippen LogP contribution is 2.10. The molecule has 5 heteroatoms. The molecule has 3 N–H and O–H groups in total. The zero-order valence-corrected chi connectivity index (χ0v) is 9.20. The van der Waals surface area contributed by atoms with E-state index in [9.17, 15) is 0 Å². The molecule has 0 amide bonds. The summed E-state index contributed by atoms with van der Waals surface area (Å²) in [7, 11) is 0. The van der Waals surface area contributed by atoms with E-state index in [0.29, 0.717) is 0 Å². The highest BCUT2D eigenvalue weighted by atomic mass is 32.1. The summed E-state index contributed by atoms with van der Waals surface area (Å²) in [6.07, 6.45) is 4.50. The van der Waals surface area contributed by atoms with Gasteiger partial charge in [-0.25, -0.2) is 0 Å². The van der Waals surface area contributed by atoms with Crippen LogP contribution in [-0.2, 0) is 0 Å². The molecule has 0 aliphatic carbocycles. The van der Waals surface area contributed by atoms with Gasteiger partial charge in [-0.1, -0.05) is 0 Å². The van der Waals surface area contributed by atoms with E-state index in [1.54, 1.807) is 12.4 Å². The average molecular weight is 222 g/mol. The van der Waals surface area contributed by atoms with Gasteiger partial charge in [0.15, 0.2) is 5.11 Å². The lowest BCUT2D eigenvalue weighted by Crippen LogP contribution is -2.34. The Labute approximate surface area is 94.5 Å². The first-order chi connectivity index (χ1) is 7.25. The molecule has 1 aromatic rings. The molecule has 0 unspecified atom stereocenters. The number of anilines is 1. The molecule has 1 aliphatic rings. The lowest BCUT2D eigenvalue weighted by Gasteiger charge is -2.19. The van der Waals surface area contributed by atoms with Crippen LogP contribution in [0, 0.1) is 0 Å². The Morgan fingerprint density at radius 3 is 3.13 bits per heavy atom. The van der Waals surface area contributed by atoms with Crippen molar-refractivity contribution in [3.05, 3.63) is 24.5 Å². The summed E-state index contributed by atoms with van der Waals surface area (Å²) in [6.45, 7) is 1.78. The molecule has 0 spiro atoms. The molecule has 80 valence electrons. The molecule has 1 aliphatic heterocycles. The maximum Gasteiger partial charge on any atom is 0.173 e. The fraction of sp³-hybridized carbons (Fsp3) is 0.400. The maximum atomic E-state index is 5.81. The molecule has 1 fully saturated rings. The van der Waals surface area contributed by atoms with Gasteiger partial charge in [-0.15, -0.1) is 0 Å². The zero-order valence-electron chi connectivity index (χ0n) is 8.39. The van der Waals surface area contributed by atoms with Gasteiger partial charge >= 0.3 is 0 Å². The standard InChI is InChI=1S/C10H14N4S/c11-8-3-5-14(7-8)10(15)13-9-2-1-4-12-6-9/h1-2,4,6,8H,3,5,7,11H2,(H,13,15)/t8-/m0/s1. The van der Waals surface area contributed by atoms with Crippen LogP contribution in [-0.4, -0.2) is 34.1 Å². The molecule has 0 bridgehead atoms. The fourth-order valence-corrected chi connectivity index (χ4v) is 1.89. The molecule has 1 aromatic heterocycles. The Morgan fingerprint density at radius 1 is 1.67 bits per heavy atom. The van der Waals surface area contributed by atoms with Gasteiger partial charge in [0.1, 0.15) is 0 Å². The first kappa shape index (κ1) is 10.3. The number of nitrogens with one attached hydrogen (secondary N) is 1. The molecule has 0 aromatic carbocycles. The Bertz CT molecular complexity index is 341. The number of likely N-dealkylation sites (tertiary alicyclic amines) is 1. The summed E-state index contributed by atoms with van der Waals surface area (Å²) in [5, 5.41) is 3.88. The number of pyridine rings is 1. The minimum Gasteiger partial charge on any atom is -0.347 e. The van der Waals surface area contributed by atoms with Gasteiger partial charge in [0, 0.05) is 25.3 Å². The van der Waals surface area contributed by atoms with Crippen molar-refractivity contribution in [2.75, 3.05) is 18.4 Å². The Morgan fingerprint density at radius 2 is 2.53 bits per heavy atom. The van der Waals surface area contributed by atoms with Crippen molar-refractivity contribution in [2.45, 2.75) is 12.5 Å². The molecule has 2 rings (SSSR count). The summed E-state index contributed by atoms with van der Waals surface area (Å²) in [5.41, 5.74) is 6.73. The van der Waals surface area contributed by atoms with E-state index >= 15 is 0 Å². The van der Waals surface area contributed by atoms with E-state index in [-0.39, 0.29) is 6.04 Å². The van der Waals surface area contributed by atoms with Gasteiger partial charge in [0.05, 0.1) is 11.9 Å². The Balaban J connectivity index is 1.93. The van der Waals surface area contributed by atoms with Crippen LogP contribution in [0.2, 0.25) is 0 Å². The second-order valence-corrected chi connectivity index (χ2v) is 4.05. The first-order valence-electron chi connectivity index (χ1n) is 4.97. The number of aromatic nitrogens is 1. The van der Waals surface area contributed by atoms with Gasteiger partial charge in [-0.2, -0.15) is 0 Å². The molecule has 4 nitrogen and oxygen atoms in total. The monoisotopic (exact) mass is 222 g/mol. The molecule has 1 atom stereocenters. The summed E-state index contributed by atoms with van der Waals surface area (Å²) in [5.74, 6) is 0. The van der Waals surface area contributed by atoms with Crippen molar-refractivity contribution >= 4 is 23.0 Å². The molecule has 2 heterocycles. The summed E-state index contributed by atoms with van der Waals surface area (Å²) in [6, 6.07) is 4.06. The Hall–Kier alpha value is -1.20. The fourth-order valence-electron chi connectivity index (χ4n) is 1.61. The van der Waals surface area contributed by atoms with Crippen LogP contribution >= 0.6 is 12.2 Å². The topological polar surface area (TPSA) is 54.2 Å². The minimum absolute atomic E-state index is 0.249. The van der Waals surface area contributed by atoms with Crippen LogP contribution < -0.4 is 11.1 Å². The van der Waals surface area contributed by atoms with E-state index in [1.165, 1.54) is 0 Å². The van der Waals surface area contributed by atoms with Crippen LogP contribution in [0.5, 0.6) is 0 Å². The van der Waals surface area contributed by atoms with Crippen molar-refractivity contribution in [1.29, 1.82) is 0 Å². The SMILES string of the molecule is N[C@H]1CCN(C(=S)Nc2cccnc2)C1. The number of nitrogens with two attached hydrogens (primary N) is 1. The Kier molecular flexibility index (Phi) is 3.13. The van der Waals surface area contributed by atoms with Gasteiger partial charge < -0.3 is 16.0 Å². The van der Waals surface area contributed by atoms with Crippen LogP contribution in [0.1, 0.15) is 6.42 Å². The second-order valence-electron chi connectivity index (χ2n) is 3.67. The molecule has 15 heavy (non-hydrogen) atoms. The van der Waals surface area contributed by atoms with Crippen LogP contribution in [0.15, 0.2) is 24.5 Å². The molecule has 1 saturated heterocycles. The second kappa shape index (κ2) is 4.55. The van der Waals surface area contributed by atoms with Gasteiger partial charge in [-0.05, 0) is 30.8 Å². The summed E-state index contributed by atoms with van der Waals surface area (Å²) in [4.78, 5) is 6.10. The molecular weight excluding hydrogens is 208 g/mol. The van der Waals surface area contributed by atoms with E-state index in [4.69, 9.17) is 18.0 Å². The number of thiocarbonyl (C=S) groups is 1. The largest absolute Gasteiger partial charge is 0.347 e. The minimum atomic E-state index is 0.249. The van der Waals surface area contributed by atoms with Crippen molar-refractivity contribution < 1.29 is 0 Å². The van der Waals surface area contributed by atoms with Gasteiger partial charge in [0.2, 0.25) is 0 Å². The third kappa shape index (κ3) is 2.64. The quantitative estimate of drug-likeness (QED) is 0.689. The lowest BCUT2D eigenvalue weighted by molar-refractivity contribution is 0.518. The van der Waals surface area contributed by atoms with Crippen LogP contribution in [0.25, 0.3) is 0 Å². The highest BCUT2D eigenvalue weighted by molar-refractivity contribution is 7.80. The van der Waals surface area contributed by atoms with E-state index in [1.807, 2.05) is 12.1 Å². The highest BCUT2D eigenvalue weighted by Gasteiger charge is 2.20. The van der Waals surface area contributed by atoms with E-state index in [0.717, 1.165) is 30.3 Å². The van der Waals surface area contributed by atoms with Crippen molar-refractivity contribution in [3.63, 3.8) is 0 Å². The van der Waals surface area contributed by atoms with E-state index in [2.05, 4.69) is 15.2 Å².